The lowest BCUT2D eigenvalue weighted by atomic mass is 10.0. The molecule has 0 aliphatic carbocycles. The van der Waals surface area contributed by atoms with E-state index in [1.807, 2.05) is 0 Å². The number of carbonyl (C=O) groups excluding carboxylic acids is 2. The molecule has 0 fully saturated rings. The molecule has 11 N–H and O–H groups in total. The quantitative estimate of drug-likeness (QED) is 0.0610. The van der Waals surface area contributed by atoms with Crippen LogP contribution < -0.4 is 33.6 Å². The van der Waals surface area contributed by atoms with Crippen molar-refractivity contribution in [3.8, 4) is 0 Å². The predicted molar refractivity (Wildman–Crippen MR) is 112 cm³/mol. The highest BCUT2D eigenvalue weighted by Crippen LogP contribution is 2.08. The zero-order valence-electron chi connectivity index (χ0n) is 16.9. The van der Waals surface area contributed by atoms with Crippen molar-refractivity contribution >= 4 is 17.6 Å². The van der Waals surface area contributed by atoms with Crippen LogP contribution in [0.15, 0.2) is 4.99 Å². The highest BCUT2D eigenvalue weighted by molar-refractivity contribution is 6.38. The van der Waals surface area contributed by atoms with Crippen molar-refractivity contribution in [2.24, 2.45) is 27.9 Å². The molecule has 0 aromatic rings. The number of Topliss-reactive ketones (excluding diaryl/α,β-unsaturated/α-hetero) is 1. The molecule has 10 nitrogen and oxygen atoms in total. The first kappa shape index (κ1) is 26.2. The van der Waals surface area contributed by atoms with E-state index in [9.17, 15) is 14.7 Å². The van der Waals surface area contributed by atoms with Gasteiger partial charge in [0.2, 0.25) is 5.78 Å². The second-order valence-electron chi connectivity index (χ2n) is 6.82. The largest absolute Gasteiger partial charge is 0.391 e. The van der Waals surface area contributed by atoms with Crippen LogP contribution in [0.4, 0.5) is 0 Å². The van der Waals surface area contributed by atoms with Gasteiger partial charge in [-0.3, -0.25) is 14.6 Å². The number of aliphatic hydroxyl groups excluding tert-OH is 1. The minimum absolute atomic E-state index is 0.0809. The van der Waals surface area contributed by atoms with Gasteiger partial charge in [0.15, 0.2) is 5.96 Å². The summed E-state index contributed by atoms with van der Waals surface area (Å²) in [5.74, 6) is -1.43. The van der Waals surface area contributed by atoms with Crippen molar-refractivity contribution in [2.45, 2.75) is 63.5 Å². The average molecular weight is 402 g/mol. The van der Waals surface area contributed by atoms with Gasteiger partial charge in [-0.25, -0.2) is 0 Å². The summed E-state index contributed by atoms with van der Waals surface area (Å²) in [6.07, 6.45) is 5.26. The van der Waals surface area contributed by atoms with E-state index >= 15 is 0 Å². The Bertz CT molecular complexity index is 456. The molecule has 10 heteroatoms. The third kappa shape index (κ3) is 14.3. The molecule has 0 spiro atoms. The van der Waals surface area contributed by atoms with Gasteiger partial charge in [-0.2, -0.15) is 0 Å². The van der Waals surface area contributed by atoms with Gasteiger partial charge in [0.25, 0.3) is 5.91 Å². The molecule has 28 heavy (non-hydrogen) atoms. The van der Waals surface area contributed by atoms with Crippen LogP contribution in [0.25, 0.3) is 0 Å². The SMILES string of the molecule is NCCCNCCCCNC(=O)C(=O)C(N)C(O)CCCCCCN=C(N)N. The van der Waals surface area contributed by atoms with E-state index in [0.29, 0.717) is 32.5 Å². The maximum atomic E-state index is 12.0. The number of amides is 1. The smallest absolute Gasteiger partial charge is 0.289 e. The Morgan fingerprint density at radius 1 is 0.929 bits per heavy atom. The molecule has 0 aromatic heterocycles. The zero-order chi connectivity index (χ0) is 21.2. The van der Waals surface area contributed by atoms with Crippen LogP contribution in [0.3, 0.4) is 0 Å². The van der Waals surface area contributed by atoms with Gasteiger partial charge in [-0.15, -0.1) is 0 Å². The Morgan fingerprint density at radius 3 is 2.25 bits per heavy atom. The molecule has 1 amide bonds. The molecule has 0 heterocycles. The van der Waals surface area contributed by atoms with Gasteiger partial charge in [0, 0.05) is 13.1 Å². The minimum Gasteiger partial charge on any atom is -0.391 e. The first-order valence-electron chi connectivity index (χ1n) is 10.1. The van der Waals surface area contributed by atoms with Crippen LogP contribution in [0.5, 0.6) is 0 Å². The Kier molecular flexibility index (Phi) is 16.3. The number of ketones is 1. The van der Waals surface area contributed by atoms with Crippen LogP contribution in [0.2, 0.25) is 0 Å². The van der Waals surface area contributed by atoms with E-state index in [1.165, 1.54) is 0 Å². The van der Waals surface area contributed by atoms with Gasteiger partial charge >= 0.3 is 0 Å². The van der Waals surface area contributed by atoms with Gasteiger partial charge in [-0.05, 0) is 51.7 Å². The second-order valence-corrected chi connectivity index (χ2v) is 6.82. The number of unbranched alkanes of at least 4 members (excludes halogenated alkanes) is 4. The summed E-state index contributed by atoms with van der Waals surface area (Å²) in [7, 11) is 0. The lowest BCUT2D eigenvalue weighted by Gasteiger charge is -2.17. The van der Waals surface area contributed by atoms with Crippen LogP contribution >= 0.6 is 0 Å². The number of aliphatic imine (C=N–C) groups is 1. The van der Waals surface area contributed by atoms with E-state index in [1.54, 1.807) is 0 Å². The molecule has 0 saturated carbocycles. The van der Waals surface area contributed by atoms with Crippen molar-refractivity contribution in [3.63, 3.8) is 0 Å². The van der Waals surface area contributed by atoms with E-state index in [2.05, 4.69) is 15.6 Å². The number of nitrogens with two attached hydrogens (primary N) is 4. The van der Waals surface area contributed by atoms with Crippen LogP contribution in [0, 0.1) is 0 Å². The molecular weight excluding hydrogens is 362 g/mol. The highest BCUT2D eigenvalue weighted by Gasteiger charge is 2.27. The number of guanidine groups is 1. The number of nitrogens with one attached hydrogen (secondary N) is 2. The first-order chi connectivity index (χ1) is 13.4. The van der Waals surface area contributed by atoms with E-state index < -0.39 is 23.8 Å². The molecule has 0 aliphatic rings. The summed E-state index contributed by atoms with van der Waals surface area (Å²) in [5.41, 5.74) is 21.6. The van der Waals surface area contributed by atoms with Crippen LogP contribution in [0.1, 0.15) is 51.4 Å². The number of hydrogen-bond acceptors (Lipinski definition) is 7. The molecule has 0 aliphatic heterocycles. The molecule has 0 saturated heterocycles. The Labute approximate surface area is 167 Å². The lowest BCUT2D eigenvalue weighted by Crippen LogP contribution is -2.49. The molecule has 0 aromatic carbocycles. The van der Waals surface area contributed by atoms with E-state index in [4.69, 9.17) is 22.9 Å². The van der Waals surface area contributed by atoms with Crippen molar-refractivity contribution in [3.05, 3.63) is 0 Å². The lowest BCUT2D eigenvalue weighted by molar-refractivity contribution is -0.140. The van der Waals surface area contributed by atoms with Crippen LogP contribution in [-0.4, -0.2) is 67.6 Å². The third-order valence-corrected chi connectivity index (χ3v) is 4.27. The van der Waals surface area contributed by atoms with Gasteiger partial charge < -0.3 is 38.7 Å². The highest BCUT2D eigenvalue weighted by atomic mass is 16.3. The second kappa shape index (κ2) is 17.4. The molecular formula is C18H39N7O3. The van der Waals surface area contributed by atoms with Crippen molar-refractivity contribution in [2.75, 3.05) is 32.7 Å². The molecule has 0 rings (SSSR count). The molecule has 2 atom stereocenters. The van der Waals surface area contributed by atoms with Gasteiger partial charge in [-0.1, -0.05) is 19.3 Å². The normalized spacial score (nSPS) is 13.0. The van der Waals surface area contributed by atoms with Crippen molar-refractivity contribution in [1.29, 1.82) is 0 Å². The summed E-state index contributed by atoms with van der Waals surface area (Å²) in [5, 5.41) is 15.8. The zero-order valence-corrected chi connectivity index (χ0v) is 16.9. The van der Waals surface area contributed by atoms with Crippen molar-refractivity contribution in [1.82, 2.24) is 10.6 Å². The first-order valence-corrected chi connectivity index (χ1v) is 10.1. The molecule has 0 bridgehead atoms. The van der Waals surface area contributed by atoms with Crippen LogP contribution in [-0.2, 0) is 9.59 Å². The Balaban J connectivity index is 3.80. The summed E-state index contributed by atoms with van der Waals surface area (Å²) in [4.78, 5) is 27.7. The molecule has 0 radical (unpaired) electrons. The van der Waals surface area contributed by atoms with E-state index in [0.717, 1.165) is 51.6 Å². The number of hydrogen-bond donors (Lipinski definition) is 7. The predicted octanol–water partition coefficient (Wildman–Crippen LogP) is -1.70. The Hall–Kier alpha value is -1.75. The average Bonchev–Trinajstić information content (AvgIpc) is 2.67. The fourth-order valence-corrected chi connectivity index (χ4v) is 2.55. The maximum Gasteiger partial charge on any atom is 0.289 e. The summed E-state index contributed by atoms with van der Waals surface area (Å²) < 4.78 is 0. The van der Waals surface area contributed by atoms with Crippen molar-refractivity contribution < 1.29 is 14.7 Å². The Morgan fingerprint density at radius 2 is 1.57 bits per heavy atom. The summed E-state index contributed by atoms with van der Waals surface area (Å²) in [6, 6.07) is -1.19. The molecule has 2 unspecified atom stereocenters. The summed E-state index contributed by atoms with van der Waals surface area (Å²) >= 11 is 0. The number of carbonyl (C=O) groups is 2. The number of nitrogens with zero attached hydrogens (tertiary/aromatic N) is 1. The fraction of sp³-hybridized carbons (Fsp3) is 0.833. The third-order valence-electron chi connectivity index (χ3n) is 4.27. The van der Waals surface area contributed by atoms with E-state index in [-0.39, 0.29) is 5.96 Å². The maximum absolute atomic E-state index is 12.0. The van der Waals surface area contributed by atoms with Gasteiger partial charge in [0.05, 0.1) is 12.1 Å². The summed E-state index contributed by atoms with van der Waals surface area (Å²) in [6.45, 7) is 3.36. The topological polar surface area (TPSA) is 195 Å². The number of aliphatic hydroxyl groups is 1. The molecule has 164 valence electrons. The van der Waals surface area contributed by atoms with Gasteiger partial charge in [0.1, 0.15) is 0 Å². The minimum atomic E-state index is -1.19. The standard InChI is InChI=1S/C18H39N7O3/c19-9-7-11-23-10-5-6-12-24-17(28)16(27)15(20)14(26)8-3-1-2-4-13-25-18(21)22/h14-15,23,26H,1-13,19-20H2,(H,24,28)(H4,21,22,25). The monoisotopic (exact) mass is 401 g/mol. The number of rotatable bonds is 18. The fourth-order valence-electron chi connectivity index (χ4n) is 2.55.